The van der Waals surface area contributed by atoms with Crippen LogP contribution in [0.5, 0.6) is 11.5 Å². The van der Waals surface area contributed by atoms with E-state index in [0.717, 1.165) is 58.9 Å². The van der Waals surface area contributed by atoms with E-state index in [4.69, 9.17) is 4.74 Å². The number of piperazine rings is 2. The lowest BCUT2D eigenvalue weighted by molar-refractivity contribution is -0.121. The van der Waals surface area contributed by atoms with E-state index in [9.17, 15) is 39.3 Å². The summed E-state index contributed by atoms with van der Waals surface area (Å²) in [6.45, 7) is 11.3. The summed E-state index contributed by atoms with van der Waals surface area (Å²) in [5, 5.41) is 55.1. The highest BCUT2D eigenvalue weighted by molar-refractivity contribution is 6.39. The normalized spacial score (nSPS) is 17.1. The van der Waals surface area contributed by atoms with Crippen LogP contribution in [0.25, 0.3) is 49.2 Å². The standard InChI is InChI=1S/C46H56N8O9/c1-24-18-28-36-39-34(27(23-56)20-30(59)38(39)45(62)43(28)52-21-32(61)50-11-17-54-14-8-48-9-15-54)35-26(22-55)19-29(58)37-40(35)41(36)42(33(24)25(2)57)46(63-3)44(37)51-5-4-31(60)49-10-16-53-12-6-47-7-13-53/h18-20,33,47-48,51-52,55-56,62H,4-17,21-23H2,1-3H3,(H,49,60)(H,50,61). The second-order valence-electron chi connectivity index (χ2n) is 16.7. The maximum atomic E-state index is 14.5. The molecule has 0 bridgehead atoms. The molecular weight excluding hydrogens is 809 g/mol. The van der Waals surface area contributed by atoms with Gasteiger partial charge in [0.05, 0.1) is 54.9 Å². The number of nitrogens with one attached hydrogen (secondary N) is 6. The van der Waals surface area contributed by atoms with Gasteiger partial charge in [0.25, 0.3) is 0 Å². The molecule has 0 aromatic heterocycles. The predicted molar refractivity (Wildman–Crippen MR) is 245 cm³/mol. The molecule has 17 heteroatoms. The molecule has 5 aromatic carbocycles. The first-order chi connectivity index (χ1) is 30.5. The third kappa shape index (κ3) is 8.09. The van der Waals surface area contributed by atoms with Gasteiger partial charge >= 0.3 is 0 Å². The molecule has 1 aliphatic carbocycles. The number of ether oxygens (including phenoxy) is 1. The fourth-order valence-electron chi connectivity index (χ4n) is 9.99. The van der Waals surface area contributed by atoms with Gasteiger partial charge in [0.1, 0.15) is 11.5 Å². The third-order valence-electron chi connectivity index (χ3n) is 12.8. The monoisotopic (exact) mass is 864 g/mol. The highest BCUT2D eigenvalue weighted by atomic mass is 16.5. The Morgan fingerprint density at radius 2 is 1.29 bits per heavy atom. The minimum absolute atomic E-state index is 0.0545. The average Bonchev–Trinajstić information content (AvgIpc) is 3.40. The molecule has 8 rings (SSSR count). The maximum Gasteiger partial charge on any atom is 0.239 e. The summed E-state index contributed by atoms with van der Waals surface area (Å²) in [5.41, 5.74) is 0.962. The highest BCUT2D eigenvalue weighted by Gasteiger charge is 2.37. The van der Waals surface area contributed by atoms with Crippen molar-refractivity contribution in [2.75, 3.05) is 109 Å². The van der Waals surface area contributed by atoms with E-state index < -0.39 is 35.7 Å². The molecule has 0 radical (unpaired) electrons. The molecule has 2 saturated heterocycles. The number of aliphatic hydroxyl groups excluding tert-OH is 2. The number of carbonyl (C=O) groups excluding carboxylic acids is 3. The van der Waals surface area contributed by atoms with Gasteiger partial charge < -0.3 is 52.0 Å². The number of allylic oxidation sites excluding steroid dienone is 1. The lowest BCUT2D eigenvalue weighted by atomic mass is 9.79. The summed E-state index contributed by atoms with van der Waals surface area (Å²) >= 11 is 0. The zero-order chi connectivity index (χ0) is 44.5. The van der Waals surface area contributed by atoms with Crippen molar-refractivity contribution in [1.82, 2.24) is 31.1 Å². The SMILES string of the molecule is COc1c(NCCC(=O)NCCN2CCNCC2)c2c(=O)cc(CO)c3c4c(CO)cc(=O)c5c(O)c(NCC(=O)NCCN6CCNCC6)c6c(c(c1C(C(C)=O)C(C)=C6)c23)c54. The number of aliphatic hydroxyl groups is 2. The third-order valence-corrected chi connectivity index (χ3v) is 12.8. The van der Waals surface area contributed by atoms with Gasteiger partial charge in [-0.15, -0.1) is 0 Å². The number of Topliss-reactive ketones (excluding diaryl/α,β-unsaturated/α-hetero) is 1. The van der Waals surface area contributed by atoms with Crippen molar-refractivity contribution in [1.29, 1.82) is 0 Å². The molecule has 0 spiro atoms. The molecule has 2 fully saturated rings. The van der Waals surface area contributed by atoms with Gasteiger partial charge in [-0.3, -0.25) is 33.8 Å². The number of anilines is 2. The molecule has 0 saturated carbocycles. The number of benzene rings is 5. The second kappa shape index (κ2) is 18.6. The van der Waals surface area contributed by atoms with E-state index in [0.29, 0.717) is 63.3 Å². The number of hydrogen-bond donors (Lipinski definition) is 9. The lowest BCUT2D eigenvalue weighted by Crippen LogP contribution is -2.46. The highest BCUT2D eigenvalue weighted by Crippen LogP contribution is 2.56. The fourth-order valence-corrected chi connectivity index (χ4v) is 9.99. The van der Waals surface area contributed by atoms with E-state index >= 15 is 0 Å². The first kappa shape index (κ1) is 43.9. The van der Waals surface area contributed by atoms with Crippen molar-refractivity contribution in [2.24, 2.45) is 0 Å². The summed E-state index contributed by atoms with van der Waals surface area (Å²) in [6, 6.07) is 2.54. The first-order valence-corrected chi connectivity index (χ1v) is 21.7. The van der Waals surface area contributed by atoms with Crippen LogP contribution >= 0.6 is 0 Å². The minimum Gasteiger partial charge on any atom is -0.505 e. The van der Waals surface area contributed by atoms with Crippen molar-refractivity contribution in [3.63, 3.8) is 0 Å². The second-order valence-corrected chi connectivity index (χ2v) is 16.7. The Bertz CT molecular complexity index is 2750. The Morgan fingerprint density at radius 1 is 0.730 bits per heavy atom. The summed E-state index contributed by atoms with van der Waals surface area (Å²) in [5.74, 6) is -2.01. The van der Waals surface area contributed by atoms with Crippen LogP contribution in [-0.2, 0) is 27.6 Å². The summed E-state index contributed by atoms with van der Waals surface area (Å²) in [6.07, 6.45) is 1.80. The number of aromatic hydroxyl groups is 1. The Kier molecular flexibility index (Phi) is 13.0. The largest absolute Gasteiger partial charge is 0.505 e. The number of phenols is 1. The molecule has 17 nitrogen and oxygen atoms in total. The molecule has 2 amide bonds. The summed E-state index contributed by atoms with van der Waals surface area (Å²) in [4.78, 5) is 73.7. The number of hydrogen-bond acceptors (Lipinski definition) is 15. The van der Waals surface area contributed by atoms with E-state index in [1.54, 1.807) is 13.0 Å². The van der Waals surface area contributed by atoms with E-state index in [1.807, 2.05) is 0 Å². The van der Waals surface area contributed by atoms with E-state index in [-0.39, 0.29) is 81.5 Å². The van der Waals surface area contributed by atoms with Crippen molar-refractivity contribution in [2.45, 2.75) is 39.4 Å². The predicted octanol–water partition coefficient (Wildman–Crippen LogP) is 0.940. The Balaban J connectivity index is 1.31. The fraction of sp³-hybridized carbons (Fsp3) is 0.457. The van der Waals surface area contributed by atoms with Gasteiger partial charge in [-0.1, -0.05) is 11.6 Å². The number of fused-ring (bicyclic) bond motifs is 1. The van der Waals surface area contributed by atoms with Gasteiger partial charge in [0.15, 0.2) is 16.6 Å². The smallest absolute Gasteiger partial charge is 0.239 e. The average molecular weight is 865 g/mol. The van der Waals surface area contributed by atoms with Gasteiger partial charge in [0.2, 0.25) is 11.8 Å². The summed E-state index contributed by atoms with van der Waals surface area (Å²) < 4.78 is 6.20. The zero-order valence-electron chi connectivity index (χ0n) is 36.0. The molecule has 9 N–H and O–H groups in total. The zero-order valence-corrected chi connectivity index (χ0v) is 36.0. The van der Waals surface area contributed by atoms with Crippen molar-refractivity contribution in [3.8, 4) is 11.5 Å². The van der Waals surface area contributed by atoms with Gasteiger partial charge in [-0.2, -0.15) is 0 Å². The summed E-state index contributed by atoms with van der Waals surface area (Å²) in [7, 11) is 1.44. The van der Waals surface area contributed by atoms with Crippen molar-refractivity contribution in [3.05, 3.63) is 60.4 Å². The van der Waals surface area contributed by atoms with Crippen molar-refractivity contribution >= 4 is 78.1 Å². The van der Waals surface area contributed by atoms with Gasteiger partial charge in [-0.25, -0.2) is 0 Å². The number of phenolic OH excluding ortho intramolecular Hbond substituents is 1. The number of methoxy groups -OCH3 is 1. The molecule has 1 atom stereocenters. The number of nitrogens with zero attached hydrogens (tertiary/aromatic N) is 2. The quantitative estimate of drug-likeness (QED) is 0.0360. The number of ketones is 1. The minimum atomic E-state index is -0.964. The van der Waals surface area contributed by atoms with Crippen LogP contribution in [0.3, 0.4) is 0 Å². The molecule has 3 aliphatic rings. The molecule has 63 heavy (non-hydrogen) atoms. The van der Waals surface area contributed by atoms with E-state index in [1.165, 1.54) is 26.2 Å². The van der Waals surface area contributed by atoms with E-state index in [2.05, 4.69) is 41.7 Å². The van der Waals surface area contributed by atoms with Gasteiger partial charge in [0, 0.05) is 119 Å². The lowest BCUT2D eigenvalue weighted by Gasteiger charge is -2.27. The van der Waals surface area contributed by atoms with Crippen LogP contribution in [0.1, 0.15) is 48.4 Å². The molecule has 334 valence electrons. The molecule has 5 aromatic rings. The Hall–Kier alpha value is -5.69. The maximum absolute atomic E-state index is 14.5. The van der Waals surface area contributed by atoms with Crippen LogP contribution < -0.4 is 47.5 Å². The van der Waals surface area contributed by atoms with Crippen LogP contribution in [0.2, 0.25) is 0 Å². The molecule has 2 heterocycles. The van der Waals surface area contributed by atoms with Gasteiger partial charge in [-0.05, 0) is 53.3 Å². The molecule has 1 unspecified atom stereocenters. The van der Waals surface area contributed by atoms with Crippen LogP contribution in [0, 0.1) is 0 Å². The number of amides is 2. The Labute approximate surface area is 363 Å². The van der Waals surface area contributed by atoms with Crippen LogP contribution in [0.4, 0.5) is 11.4 Å². The molecular formula is C46H56N8O9. The van der Waals surface area contributed by atoms with Crippen LogP contribution in [-0.4, -0.2) is 141 Å². The molecule has 2 aliphatic heterocycles. The topological polar surface area (TPSA) is 234 Å². The van der Waals surface area contributed by atoms with Crippen molar-refractivity contribution < 1.29 is 34.4 Å². The Morgan fingerprint density at radius 3 is 1.84 bits per heavy atom. The first-order valence-electron chi connectivity index (χ1n) is 21.7. The number of rotatable bonds is 17. The number of carbonyl (C=O) groups is 3. The van der Waals surface area contributed by atoms with Crippen LogP contribution in [0.15, 0.2) is 27.3 Å².